The van der Waals surface area contributed by atoms with E-state index in [2.05, 4.69) is 17.6 Å². The standard InChI is InChI=1S/C14H20N2O3/c1-3-11-9-12(7-6-10(11)2)16-14(19)15-8-4-5-13(17)18/h6-7,9H,3-5,8H2,1-2H3,(H,17,18)(H2,15,16,19). The lowest BCUT2D eigenvalue weighted by molar-refractivity contribution is -0.137. The van der Waals surface area contributed by atoms with Gasteiger partial charge >= 0.3 is 12.0 Å². The number of hydrogen-bond donors (Lipinski definition) is 3. The summed E-state index contributed by atoms with van der Waals surface area (Å²) in [7, 11) is 0. The number of amides is 2. The van der Waals surface area contributed by atoms with Crippen LogP contribution in [0.3, 0.4) is 0 Å². The third kappa shape index (κ3) is 5.42. The van der Waals surface area contributed by atoms with E-state index in [1.165, 1.54) is 11.1 Å². The molecule has 0 heterocycles. The Kier molecular flexibility index (Phi) is 5.85. The van der Waals surface area contributed by atoms with E-state index in [1.54, 1.807) is 0 Å². The third-order valence-electron chi connectivity index (χ3n) is 2.84. The molecule has 0 aromatic heterocycles. The number of hydrogen-bond acceptors (Lipinski definition) is 2. The molecule has 1 aromatic carbocycles. The first-order chi connectivity index (χ1) is 9.02. The molecule has 5 nitrogen and oxygen atoms in total. The van der Waals surface area contributed by atoms with Crippen molar-refractivity contribution in [3.63, 3.8) is 0 Å². The summed E-state index contributed by atoms with van der Waals surface area (Å²) in [6.07, 6.45) is 1.41. The predicted molar refractivity (Wildman–Crippen MR) is 74.4 cm³/mol. The van der Waals surface area contributed by atoms with Gasteiger partial charge < -0.3 is 15.7 Å². The second-order valence-corrected chi connectivity index (χ2v) is 4.37. The van der Waals surface area contributed by atoms with Crippen LogP contribution in [-0.4, -0.2) is 23.7 Å². The van der Waals surface area contributed by atoms with E-state index in [4.69, 9.17) is 5.11 Å². The lowest BCUT2D eigenvalue weighted by Gasteiger charge is -2.10. The van der Waals surface area contributed by atoms with Gasteiger partial charge in [0.25, 0.3) is 0 Å². The van der Waals surface area contributed by atoms with E-state index in [-0.39, 0.29) is 12.5 Å². The number of carbonyl (C=O) groups excluding carboxylic acids is 1. The van der Waals surface area contributed by atoms with Crippen LogP contribution < -0.4 is 10.6 Å². The van der Waals surface area contributed by atoms with Gasteiger partial charge in [-0.2, -0.15) is 0 Å². The normalized spacial score (nSPS) is 10.0. The van der Waals surface area contributed by atoms with Crippen molar-refractivity contribution in [1.82, 2.24) is 5.32 Å². The van der Waals surface area contributed by atoms with E-state index >= 15 is 0 Å². The van der Waals surface area contributed by atoms with Crippen molar-refractivity contribution >= 4 is 17.7 Å². The number of benzene rings is 1. The number of urea groups is 1. The van der Waals surface area contributed by atoms with Crippen molar-refractivity contribution in [2.45, 2.75) is 33.1 Å². The third-order valence-corrected chi connectivity index (χ3v) is 2.84. The van der Waals surface area contributed by atoms with Crippen molar-refractivity contribution in [1.29, 1.82) is 0 Å². The topological polar surface area (TPSA) is 78.4 Å². The molecule has 0 aliphatic carbocycles. The minimum atomic E-state index is -0.853. The van der Waals surface area contributed by atoms with Gasteiger partial charge in [-0.3, -0.25) is 4.79 Å². The Hall–Kier alpha value is -2.04. The van der Waals surface area contributed by atoms with E-state index in [1.807, 2.05) is 25.1 Å². The molecular formula is C14H20N2O3. The van der Waals surface area contributed by atoms with Crippen LogP contribution in [0.15, 0.2) is 18.2 Å². The quantitative estimate of drug-likeness (QED) is 0.691. The molecular weight excluding hydrogens is 244 g/mol. The molecule has 2 amide bonds. The Balaban J connectivity index is 2.42. The van der Waals surface area contributed by atoms with Gasteiger partial charge in [0.15, 0.2) is 0 Å². The summed E-state index contributed by atoms with van der Waals surface area (Å²) in [6, 6.07) is 5.47. The Bertz CT molecular complexity index is 458. The molecule has 0 spiro atoms. The van der Waals surface area contributed by atoms with Crippen molar-refractivity contribution in [3.8, 4) is 0 Å². The van der Waals surface area contributed by atoms with Crippen LogP contribution in [0.4, 0.5) is 10.5 Å². The van der Waals surface area contributed by atoms with Crippen LogP contribution in [-0.2, 0) is 11.2 Å². The summed E-state index contributed by atoms with van der Waals surface area (Å²) in [5, 5.41) is 13.8. The van der Waals surface area contributed by atoms with E-state index in [0.29, 0.717) is 13.0 Å². The maximum atomic E-state index is 11.6. The molecule has 0 bridgehead atoms. The maximum Gasteiger partial charge on any atom is 0.319 e. The van der Waals surface area contributed by atoms with Crippen LogP contribution >= 0.6 is 0 Å². The second-order valence-electron chi connectivity index (χ2n) is 4.37. The van der Waals surface area contributed by atoms with Crippen LogP contribution in [0.5, 0.6) is 0 Å². The Labute approximate surface area is 113 Å². The van der Waals surface area contributed by atoms with Crippen molar-refractivity contribution in [2.75, 3.05) is 11.9 Å². The maximum absolute atomic E-state index is 11.6. The zero-order valence-electron chi connectivity index (χ0n) is 11.3. The first-order valence-electron chi connectivity index (χ1n) is 6.39. The molecule has 3 N–H and O–H groups in total. The molecule has 0 fully saturated rings. The summed E-state index contributed by atoms with van der Waals surface area (Å²) in [5.74, 6) is -0.853. The molecule has 0 radical (unpaired) electrons. The molecule has 0 saturated heterocycles. The SMILES string of the molecule is CCc1cc(NC(=O)NCCCC(=O)O)ccc1C. The van der Waals surface area contributed by atoms with Crippen LogP contribution in [0.1, 0.15) is 30.9 Å². The first-order valence-corrected chi connectivity index (χ1v) is 6.39. The van der Waals surface area contributed by atoms with Gasteiger partial charge in [0.1, 0.15) is 0 Å². The number of anilines is 1. The van der Waals surface area contributed by atoms with Crippen LogP contribution in [0.25, 0.3) is 0 Å². The molecule has 0 aliphatic heterocycles. The van der Waals surface area contributed by atoms with Gasteiger partial charge in [0, 0.05) is 18.7 Å². The Morgan fingerprint density at radius 3 is 2.68 bits per heavy atom. The van der Waals surface area contributed by atoms with Crippen molar-refractivity contribution in [3.05, 3.63) is 29.3 Å². The number of carboxylic acid groups (broad SMARTS) is 1. The molecule has 1 aromatic rings. The lowest BCUT2D eigenvalue weighted by Crippen LogP contribution is -2.29. The highest BCUT2D eigenvalue weighted by atomic mass is 16.4. The van der Waals surface area contributed by atoms with E-state index < -0.39 is 5.97 Å². The van der Waals surface area contributed by atoms with Gasteiger partial charge in [-0.25, -0.2) is 4.79 Å². The molecule has 0 saturated carbocycles. The largest absolute Gasteiger partial charge is 0.481 e. The van der Waals surface area contributed by atoms with Crippen LogP contribution in [0.2, 0.25) is 0 Å². The van der Waals surface area contributed by atoms with Crippen LogP contribution in [0, 0.1) is 6.92 Å². The zero-order chi connectivity index (χ0) is 14.3. The van der Waals surface area contributed by atoms with E-state index in [0.717, 1.165) is 12.1 Å². The predicted octanol–water partition coefficient (Wildman–Crippen LogP) is 2.54. The van der Waals surface area contributed by atoms with Gasteiger partial charge in [-0.1, -0.05) is 13.0 Å². The summed E-state index contributed by atoms with van der Waals surface area (Å²) < 4.78 is 0. The highest BCUT2D eigenvalue weighted by Crippen LogP contribution is 2.15. The Morgan fingerprint density at radius 2 is 2.05 bits per heavy atom. The Morgan fingerprint density at radius 1 is 1.32 bits per heavy atom. The number of aryl methyl sites for hydroxylation is 2. The molecule has 0 atom stereocenters. The van der Waals surface area contributed by atoms with E-state index in [9.17, 15) is 9.59 Å². The average molecular weight is 264 g/mol. The van der Waals surface area contributed by atoms with Gasteiger partial charge in [0.05, 0.1) is 0 Å². The van der Waals surface area contributed by atoms with Gasteiger partial charge in [-0.05, 0) is 43.0 Å². The number of aliphatic carboxylic acids is 1. The fourth-order valence-electron chi connectivity index (χ4n) is 1.75. The zero-order valence-corrected chi connectivity index (χ0v) is 11.3. The number of carbonyl (C=O) groups is 2. The number of carboxylic acids is 1. The average Bonchev–Trinajstić information content (AvgIpc) is 2.37. The molecule has 19 heavy (non-hydrogen) atoms. The lowest BCUT2D eigenvalue weighted by atomic mass is 10.1. The summed E-state index contributed by atoms with van der Waals surface area (Å²) in [6.45, 7) is 4.46. The molecule has 0 unspecified atom stereocenters. The molecule has 0 aliphatic rings. The highest BCUT2D eigenvalue weighted by Gasteiger charge is 2.04. The number of nitrogens with one attached hydrogen (secondary N) is 2. The second kappa shape index (κ2) is 7.41. The fourth-order valence-corrected chi connectivity index (χ4v) is 1.75. The fraction of sp³-hybridized carbons (Fsp3) is 0.429. The van der Waals surface area contributed by atoms with Gasteiger partial charge in [-0.15, -0.1) is 0 Å². The summed E-state index contributed by atoms with van der Waals surface area (Å²) in [4.78, 5) is 21.9. The van der Waals surface area contributed by atoms with Crippen molar-refractivity contribution < 1.29 is 14.7 Å². The number of rotatable bonds is 6. The summed E-state index contributed by atoms with van der Waals surface area (Å²) >= 11 is 0. The van der Waals surface area contributed by atoms with Crippen molar-refractivity contribution in [2.24, 2.45) is 0 Å². The monoisotopic (exact) mass is 264 g/mol. The highest BCUT2D eigenvalue weighted by molar-refractivity contribution is 5.89. The minimum absolute atomic E-state index is 0.0603. The van der Waals surface area contributed by atoms with Gasteiger partial charge in [0.2, 0.25) is 0 Å². The smallest absolute Gasteiger partial charge is 0.319 e. The first kappa shape index (κ1) is 15.0. The molecule has 1 rings (SSSR count). The molecule has 5 heteroatoms. The molecule has 104 valence electrons. The summed E-state index contributed by atoms with van der Waals surface area (Å²) in [5.41, 5.74) is 3.15. The minimum Gasteiger partial charge on any atom is -0.481 e.